The molecule has 0 bridgehead atoms. The summed E-state index contributed by atoms with van der Waals surface area (Å²) in [6, 6.07) is 0. The Morgan fingerprint density at radius 2 is 1.88 bits per heavy atom. The molecule has 1 nitrogen and oxygen atoms in total. The van der Waals surface area contributed by atoms with Crippen molar-refractivity contribution in [2.75, 3.05) is 0 Å². The molecule has 0 saturated heterocycles. The number of hydrogen-bond donors (Lipinski definition) is 0. The molecule has 0 aliphatic rings. The molecule has 2 heteroatoms. The fourth-order valence-corrected chi connectivity index (χ4v) is 0.0833. The summed E-state index contributed by atoms with van der Waals surface area (Å²) in [5, 5.41) is 0. The van der Waals surface area contributed by atoms with Gasteiger partial charge in [0.15, 0.2) is 0 Å². The monoisotopic (exact) mass is 140 g/mol. The molecule has 0 unspecified atom stereocenters. The molecule has 0 saturated carbocycles. The zero-order valence-corrected chi connectivity index (χ0v) is 5.19. The molecule has 0 amide bonds. The van der Waals surface area contributed by atoms with Crippen LogP contribution in [0.1, 0.15) is 27.2 Å². The fourth-order valence-electron chi connectivity index (χ4n) is 0.0833. The third-order valence-corrected chi connectivity index (χ3v) is 1.23. The standard InChI is InChI=1S/C6H12O.K.H/c1-4-6(2,3)5-7;;/h5H,4H2,1-3H3;;. The topological polar surface area (TPSA) is 17.1 Å². The van der Waals surface area contributed by atoms with Crippen LogP contribution in [-0.4, -0.2) is 57.7 Å². The van der Waals surface area contributed by atoms with Crippen molar-refractivity contribution in [3.63, 3.8) is 0 Å². The van der Waals surface area contributed by atoms with Gasteiger partial charge in [0.1, 0.15) is 6.29 Å². The third kappa shape index (κ3) is 5.44. The maximum atomic E-state index is 10.1. The van der Waals surface area contributed by atoms with Crippen LogP contribution in [0.15, 0.2) is 0 Å². The van der Waals surface area contributed by atoms with Crippen molar-refractivity contribution in [3.8, 4) is 0 Å². The molecule has 0 aliphatic heterocycles. The average molecular weight is 140 g/mol. The molecule has 0 rings (SSSR count). The van der Waals surface area contributed by atoms with E-state index in [-0.39, 0.29) is 56.8 Å². The zero-order valence-electron chi connectivity index (χ0n) is 5.19. The van der Waals surface area contributed by atoms with E-state index in [1.54, 1.807) is 0 Å². The number of rotatable bonds is 2. The van der Waals surface area contributed by atoms with Crippen molar-refractivity contribution in [3.05, 3.63) is 0 Å². The summed E-state index contributed by atoms with van der Waals surface area (Å²) in [6.45, 7) is 5.87. The molecule has 44 valence electrons. The Kier molecular flexibility index (Phi) is 7.70. The second kappa shape index (κ2) is 5.12. The van der Waals surface area contributed by atoms with Crippen LogP contribution in [-0.2, 0) is 4.79 Å². The Bertz CT molecular complexity index is 68.9. The Morgan fingerprint density at radius 1 is 1.50 bits per heavy atom. The van der Waals surface area contributed by atoms with Gasteiger partial charge in [-0.1, -0.05) is 20.8 Å². The molecule has 0 aliphatic carbocycles. The SMILES string of the molecule is CCC(C)(C)C=O.[KH]. The predicted octanol–water partition coefficient (Wildman–Crippen LogP) is 0.973. The Hall–Kier alpha value is 1.31. The van der Waals surface area contributed by atoms with Gasteiger partial charge >= 0.3 is 51.4 Å². The van der Waals surface area contributed by atoms with Crippen molar-refractivity contribution >= 4 is 57.7 Å². The first-order valence-corrected chi connectivity index (χ1v) is 2.59. The van der Waals surface area contributed by atoms with Gasteiger partial charge in [0.25, 0.3) is 0 Å². The number of carbonyl (C=O) groups excluding carboxylic acids is 1. The average Bonchev–Trinajstić information content (AvgIpc) is 1.68. The number of hydrogen-bond acceptors (Lipinski definition) is 1. The van der Waals surface area contributed by atoms with Gasteiger partial charge in [0.2, 0.25) is 0 Å². The van der Waals surface area contributed by atoms with Gasteiger partial charge in [-0.05, 0) is 6.42 Å². The van der Waals surface area contributed by atoms with Gasteiger partial charge in [0.05, 0.1) is 0 Å². The van der Waals surface area contributed by atoms with Crippen LogP contribution in [0.2, 0.25) is 0 Å². The van der Waals surface area contributed by atoms with Crippen LogP contribution < -0.4 is 0 Å². The van der Waals surface area contributed by atoms with E-state index in [1.807, 2.05) is 20.8 Å². The van der Waals surface area contributed by atoms with Gasteiger partial charge < -0.3 is 4.79 Å². The van der Waals surface area contributed by atoms with E-state index < -0.39 is 0 Å². The molecule has 0 N–H and O–H groups in total. The summed E-state index contributed by atoms with van der Waals surface area (Å²) in [4.78, 5) is 10.1. The summed E-state index contributed by atoms with van der Waals surface area (Å²) in [5.74, 6) is 0. The first-order valence-electron chi connectivity index (χ1n) is 2.59. The van der Waals surface area contributed by atoms with Crippen LogP contribution >= 0.6 is 0 Å². The summed E-state index contributed by atoms with van der Waals surface area (Å²) >= 11 is 0. The fraction of sp³-hybridized carbons (Fsp3) is 0.833. The van der Waals surface area contributed by atoms with E-state index in [0.717, 1.165) is 12.7 Å². The van der Waals surface area contributed by atoms with Crippen LogP contribution in [0, 0.1) is 5.41 Å². The van der Waals surface area contributed by atoms with Crippen LogP contribution in [0.25, 0.3) is 0 Å². The van der Waals surface area contributed by atoms with Crippen LogP contribution in [0.3, 0.4) is 0 Å². The summed E-state index contributed by atoms with van der Waals surface area (Å²) < 4.78 is 0. The van der Waals surface area contributed by atoms with Crippen molar-refractivity contribution in [2.45, 2.75) is 27.2 Å². The minimum atomic E-state index is -0.0972. The maximum absolute atomic E-state index is 10.1. The van der Waals surface area contributed by atoms with Gasteiger partial charge in [-0.3, -0.25) is 0 Å². The molecule has 0 heterocycles. The molecule has 0 aromatic heterocycles. The van der Waals surface area contributed by atoms with E-state index >= 15 is 0 Å². The predicted molar refractivity (Wildman–Crippen MR) is 37.3 cm³/mol. The molecule has 0 aromatic carbocycles. The van der Waals surface area contributed by atoms with Gasteiger partial charge in [-0.25, -0.2) is 0 Å². The van der Waals surface area contributed by atoms with E-state index in [2.05, 4.69) is 0 Å². The second-order valence-corrected chi connectivity index (χ2v) is 2.46. The van der Waals surface area contributed by atoms with E-state index in [4.69, 9.17) is 0 Å². The third-order valence-electron chi connectivity index (χ3n) is 1.23. The zero-order chi connectivity index (χ0) is 5.91. The normalized spacial score (nSPS) is 9.88. The molecular formula is C6H13KO. The summed E-state index contributed by atoms with van der Waals surface area (Å²) in [6.07, 6.45) is 1.92. The number of aldehydes is 1. The van der Waals surface area contributed by atoms with E-state index in [0.29, 0.717) is 0 Å². The molecule has 8 heavy (non-hydrogen) atoms. The molecular weight excluding hydrogens is 127 g/mol. The van der Waals surface area contributed by atoms with Crippen molar-refractivity contribution in [2.24, 2.45) is 5.41 Å². The van der Waals surface area contributed by atoms with Crippen molar-refractivity contribution in [1.29, 1.82) is 0 Å². The van der Waals surface area contributed by atoms with Gasteiger partial charge in [-0.15, -0.1) is 0 Å². The van der Waals surface area contributed by atoms with Crippen LogP contribution in [0.4, 0.5) is 0 Å². The van der Waals surface area contributed by atoms with Crippen LogP contribution in [0.5, 0.6) is 0 Å². The Balaban J connectivity index is 0. The second-order valence-electron chi connectivity index (χ2n) is 2.46. The number of carbonyl (C=O) groups is 1. The first-order chi connectivity index (χ1) is 3.12. The summed E-state index contributed by atoms with van der Waals surface area (Å²) in [7, 11) is 0. The van der Waals surface area contributed by atoms with Crippen molar-refractivity contribution < 1.29 is 4.79 Å². The molecule has 0 aromatic rings. The molecule has 0 atom stereocenters. The first kappa shape index (κ1) is 12.0. The molecule has 0 radical (unpaired) electrons. The van der Waals surface area contributed by atoms with Crippen molar-refractivity contribution in [1.82, 2.24) is 0 Å². The minimum absolute atomic E-state index is 0. The van der Waals surface area contributed by atoms with E-state index in [1.165, 1.54) is 0 Å². The molecule has 0 spiro atoms. The molecule has 0 fully saturated rings. The van der Waals surface area contributed by atoms with Gasteiger partial charge in [0, 0.05) is 5.41 Å². The Labute approximate surface area is 93.6 Å². The van der Waals surface area contributed by atoms with Gasteiger partial charge in [-0.2, -0.15) is 0 Å². The van der Waals surface area contributed by atoms with E-state index in [9.17, 15) is 4.79 Å². The Morgan fingerprint density at radius 3 is 1.88 bits per heavy atom. The summed E-state index contributed by atoms with van der Waals surface area (Å²) in [5.41, 5.74) is -0.0972. The quantitative estimate of drug-likeness (QED) is 0.413.